The van der Waals surface area contributed by atoms with Gasteiger partial charge in [-0.25, -0.2) is 0 Å². The Morgan fingerprint density at radius 1 is 0.652 bits per heavy atom. The molecule has 5 heteroatoms. The van der Waals surface area contributed by atoms with Crippen molar-refractivity contribution in [3.63, 3.8) is 0 Å². The topological polar surface area (TPSA) is 42.5 Å². The Labute approximate surface area is 144 Å². The fraction of sp³-hybridized carbons (Fsp3) is 1.00. The third-order valence-corrected chi connectivity index (χ3v) is 8.25. The molecule has 132 valence electrons. The largest absolute Gasteiger partial charge is 0.361 e. The molecule has 0 aromatic rings. The van der Waals surface area contributed by atoms with Crippen LogP contribution in [-0.2, 0) is 9.47 Å². The molecule has 2 atom stereocenters. The van der Waals surface area contributed by atoms with E-state index in [0.717, 1.165) is 26.3 Å². The van der Waals surface area contributed by atoms with Gasteiger partial charge in [0.2, 0.25) is 0 Å². The van der Waals surface area contributed by atoms with Crippen LogP contribution in [0.4, 0.5) is 0 Å². The van der Waals surface area contributed by atoms with Crippen LogP contribution in [0.2, 0.25) is 0 Å². The predicted octanol–water partition coefficient (Wildman–Crippen LogP) is 3.02. The molecule has 0 radical (unpaired) electrons. The van der Waals surface area contributed by atoms with Crippen molar-refractivity contribution in [3.05, 3.63) is 0 Å². The van der Waals surface area contributed by atoms with Gasteiger partial charge in [0, 0.05) is 13.1 Å². The van der Waals surface area contributed by atoms with Crippen LogP contribution < -0.4 is 10.6 Å². The van der Waals surface area contributed by atoms with Gasteiger partial charge >= 0.3 is 0 Å². The molecule has 0 aromatic carbocycles. The molecule has 2 aliphatic carbocycles. The van der Waals surface area contributed by atoms with Crippen molar-refractivity contribution in [1.82, 2.24) is 10.6 Å². The molecule has 4 nitrogen and oxygen atoms in total. The zero-order valence-electron chi connectivity index (χ0n) is 14.3. The van der Waals surface area contributed by atoms with E-state index >= 15 is 0 Å². The van der Waals surface area contributed by atoms with Gasteiger partial charge in [0.1, 0.15) is 12.5 Å². The molecule has 4 fully saturated rings. The van der Waals surface area contributed by atoms with Crippen LogP contribution in [0.25, 0.3) is 0 Å². The van der Waals surface area contributed by atoms with Gasteiger partial charge in [-0.15, -0.1) is 11.8 Å². The van der Waals surface area contributed by atoms with E-state index < -0.39 is 0 Å². The molecule has 4 aliphatic rings. The quantitative estimate of drug-likeness (QED) is 0.823. The highest BCUT2D eigenvalue weighted by molar-refractivity contribution is 8.02. The molecule has 0 spiro atoms. The maximum absolute atomic E-state index is 6.15. The van der Waals surface area contributed by atoms with Crippen molar-refractivity contribution in [1.29, 1.82) is 0 Å². The van der Waals surface area contributed by atoms with E-state index in [1.807, 2.05) is 0 Å². The summed E-state index contributed by atoms with van der Waals surface area (Å²) in [7, 11) is 0. The lowest BCUT2D eigenvalue weighted by Gasteiger charge is -2.50. The highest BCUT2D eigenvalue weighted by Gasteiger charge is 2.52. The summed E-state index contributed by atoms with van der Waals surface area (Å²) >= 11 is 2.26. The van der Waals surface area contributed by atoms with E-state index in [1.54, 1.807) is 0 Å². The van der Waals surface area contributed by atoms with Gasteiger partial charge < -0.3 is 9.47 Å². The van der Waals surface area contributed by atoms with Crippen molar-refractivity contribution in [2.24, 2.45) is 0 Å². The summed E-state index contributed by atoms with van der Waals surface area (Å²) in [4.78, 5) is 0. The SMILES string of the molecule is C1CCC(SC2(C3NCCO3)CCCCC2)(C2NCCO2)CC1. The predicted molar refractivity (Wildman–Crippen MR) is 94.7 cm³/mol. The zero-order valence-corrected chi connectivity index (χ0v) is 15.1. The Bertz CT molecular complexity index is 346. The van der Waals surface area contributed by atoms with Gasteiger partial charge in [-0.1, -0.05) is 38.5 Å². The Kier molecular flexibility index (Phi) is 5.21. The molecule has 2 saturated heterocycles. The summed E-state index contributed by atoms with van der Waals surface area (Å²) in [5.41, 5.74) is 0. The van der Waals surface area contributed by atoms with Crippen molar-refractivity contribution >= 4 is 11.8 Å². The third-order valence-electron chi connectivity index (χ3n) is 6.19. The molecule has 2 unspecified atom stereocenters. The fourth-order valence-corrected chi connectivity index (χ4v) is 7.38. The number of thioether (sulfide) groups is 1. The van der Waals surface area contributed by atoms with Crippen LogP contribution >= 0.6 is 11.8 Å². The smallest absolute Gasteiger partial charge is 0.123 e. The van der Waals surface area contributed by atoms with Crippen molar-refractivity contribution < 1.29 is 9.47 Å². The molecular formula is C18H32N2O2S. The zero-order chi connectivity index (χ0) is 15.6. The second-order valence-corrected chi connectivity index (χ2v) is 9.59. The Morgan fingerprint density at radius 3 is 1.43 bits per heavy atom. The number of nitrogens with one attached hydrogen (secondary N) is 2. The average molecular weight is 341 g/mol. The van der Waals surface area contributed by atoms with Crippen molar-refractivity contribution in [2.75, 3.05) is 26.3 Å². The summed E-state index contributed by atoms with van der Waals surface area (Å²) in [6.07, 6.45) is 13.9. The highest BCUT2D eigenvalue weighted by atomic mass is 32.2. The van der Waals surface area contributed by atoms with E-state index in [0.29, 0.717) is 0 Å². The van der Waals surface area contributed by atoms with Gasteiger partial charge in [0.15, 0.2) is 0 Å². The lowest BCUT2D eigenvalue weighted by Crippen LogP contribution is -2.55. The van der Waals surface area contributed by atoms with Crippen LogP contribution in [0.5, 0.6) is 0 Å². The Hall–Kier alpha value is 0.190. The van der Waals surface area contributed by atoms with Crippen LogP contribution in [0.1, 0.15) is 64.2 Å². The van der Waals surface area contributed by atoms with E-state index in [-0.39, 0.29) is 21.9 Å². The lowest BCUT2D eigenvalue weighted by molar-refractivity contribution is 0.0409. The number of hydrogen-bond acceptors (Lipinski definition) is 5. The second kappa shape index (κ2) is 7.20. The van der Waals surface area contributed by atoms with Crippen molar-refractivity contribution in [2.45, 2.75) is 86.2 Å². The van der Waals surface area contributed by atoms with E-state index in [9.17, 15) is 0 Å². The minimum atomic E-state index is 0.244. The minimum Gasteiger partial charge on any atom is -0.361 e. The van der Waals surface area contributed by atoms with E-state index in [4.69, 9.17) is 9.47 Å². The summed E-state index contributed by atoms with van der Waals surface area (Å²) in [6.45, 7) is 3.77. The molecule has 4 rings (SSSR count). The van der Waals surface area contributed by atoms with Crippen LogP contribution in [0, 0.1) is 0 Å². The van der Waals surface area contributed by atoms with Crippen LogP contribution in [0.15, 0.2) is 0 Å². The molecule has 0 amide bonds. The molecule has 2 saturated carbocycles. The monoisotopic (exact) mass is 340 g/mol. The number of rotatable bonds is 4. The molecule has 2 aliphatic heterocycles. The normalized spacial score (nSPS) is 37.0. The molecular weight excluding hydrogens is 308 g/mol. The maximum Gasteiger partial charge on any atom is 0.123 e. The molecule has 2 N–H and O–H groups in total. The third kappa shape index (κ3) is 3.32. The van der Waals surface area contributed by atoms with Gasteiger partial charge in [0.25, 0.3) is 0 Å². The first-order chi connectivity index (χ1) is 11.3. The molecule has 0 aromatic heterocycles. The fourth-order valence-electron chi connectivity index (χ4n) is 5.07. The van der Waals surface area contributed by atoms with Crippen LogP contribution in [0.3, 0.4) is 0 Å². The molecule has 0 bridgehead atoms. The highest BCUT2D eigenvalue weighted by Crippen LogP contribution is 2.55. The second-order valence-electron chi connectivity index (χ2n) is 7.76. The summed E-state index contributed by atoms with van der Waals surface area (Å²) in [5, 5.41) is 7.32. The Balaban J connectivity index is 1.59. The van der Waals surface area contributed by atoms with Gasteiger partial charge in [-0.05, 0) is 25.7 Å². The van der Waals surface area contributed by atoms with Gasteiger partial charge in [-0.3, -0.25) is 10.6 Å². The Morgan fingerprint density at radius 2 is 1.09 bits per heavy atom. The van der Waals surface area contributed by atoms with E-state index in [1.165, 1.54) is 64.2 Å². The molecule has 23 heavy (non-hydrogen) atoms. The average Bonchev–Trinajstić information content (AvgIpc) is 3.31. The minimum absolute atomic E-state index is 0.244. The van der Waals surface area contributed by atoms with Gasteiger partial charge in [0.05, 0.1) is 22.7 Å². The number of hydrogen-bond donors (Lipinski definition) is 2. The summed E-state index contributed by atoms with van der Waals surface area (Å²) in [5.74, 6) is 0. The standard InChI is InChI=1S/C18H32N2O2S/c1-3-7-17(8-4-1,15-19-11-13-21-15)23-18(9-5-2-6-10-18)16-20-12-14-22-16/h15-16,19-20H,1-14H2. The maximum atomic E-state index is 6.15. The first-order valence-electron chi connectivity index (χ1n) is 9.73. The van der Waals surface area contributed by atoms with Gasteiger partial charge in [-0.2, -0.15) is 0 Å². The number of ether oxygens (including phenoxy) is 2. The first kappa shape index (κ1) is 16.6. The van der Waals surface area contributed by atoms with Crippen LogP contribution in [-0.4, -0.2) is 48.3 Å². The summed E-state index contributed by atoms with van der Waals surface area (Å²) in [6, 6.07) is 0. The van der Waals surface area contributed by atoms with Crippen molar-refractivity contribution in [3.8, 4) is 0 Å². The van der Waals surface area contributed by atoms with E-state index in [2.05, 4.69) is 22.4 Å². The summed E-state index contributed by atoms with van der Waals surface area (Å²) < 4.78 is 12.8. The lowest BCUT2D eigenvalue weighted by atomic mass is 9.85. The molecule has 2 heterocycles. The first-order valence-corrected chi connectivity index (χ1v) is 10.5.